The first-order chi connectivity index (χ1) is 14.0. The zero-order valence-electron chi connectivity index (χ0n) is 15.8. The summed E-state index contributed by atoms with van der Waals surface area (Å²) in [4.78, 5) is 24.1. The molecule has 0 aromatic heterocycles. The number of halogens is 4. The van der Waals surface area contributed by atoms with Crippen LogP contribution in [0.25, 0.3) is 0 Å². The molecule has 162 valence electrons. The summed E-state index contributed by atoms with van der Waals surface area (Å²) in [5.41, 5.74) is -4.36. The summed E-state index contributed by atoms with van der Waals surface area (Å²) in [5, 5.41) is 15.5. The number of amides is 2. The Kier molecular flexibility index (Phi) is 7.16. The molecule has 2 aromatic carbocycles. The monoisotopic (exact) mass is 446 g/mol. The van der Waals surface area contributed by atoms with Gasteiger partial charge in [-0.2, -0.15) is 13.2 Å². The summed E-state index contributed by atoms with van der Waals surface area (Å²) in [6.07, 6.45) is -5.36. The van der Waals surface area contributed by atoms with Crippen LogP contribution in [0.15, 0.2) is 42.5 Å². The molecule has 0 saturated heterocycles. The van der Waals surface area contributed by atoms with Gasteiger partial charge in [-0.1, -0.05) is 23.7 Å². The molecule has 0 aliphatic carbocycles. The molecular formula is C19H18ClF3N2O5. The fourth-order valence-electron chi connectivity index (χ4n) is 2.50. The van der Waals surface area contributed by atoms with Crippen molar-refractivity contribution in [2.75, 3.05) is 24.4 Å². The zero-order chi connectivity index (χ0) is 22.5. The standard InChI is InChI=1S/C19H18ClF3N2O5/c1-3-30-16(26)18(28,19(21,22)23)11-7-8-14(15(9-11)29-2)25-17(27)24-13-6-4-5-12(20)10-13/h4-10,28H,3H2,1-2H3,(H2,24,25,27)/t18-/m0/s1. The third-order valence-electron chi connectivity index (χ3n) is 3.93. The van der Waals surface area contributed by atoms with Gasteiger partial charge in [0, 0.05) is 16.3 Å². The van der Waals surface area contributed by atoms with Crippen molar-refractivity contribution in [3.05, 3.63) is 53.1 Å². The van der Waals surface area contributed by atoms with Crippen LogP contribution in [0.5, 0.6) is 5.75 Å². The van der Waals surface area contributed by atoms with Crippen molar-refractivity contribution < 1.29 is 37.3 Å². The van der Waals surface area contributed by atoms with Crippen molar-refractivity contribution in [3.63, 3.8) is 0 Å². The van der Waals surface area contributed by atoms with E-state index in [4.69, 9.17) is 16.3 Å². The SMILES string of the molecule is CCOC(=O)[C@@](O)(c1ccc(NC(=O)Nc2cccc(Cl)c2)c(OC)c1)C(F)(F)F. The van der Waals surface area contributed by atoms with Crippen molar-refractivity contribution in [1.82, 2.24) is 0 Å². The number of alkyl halides is 3. The Labute approximate surface area is 174 Å². The number of carbonyl (C=O) groups excluding carboxylic acids is 2. The minimum Gasteiger partial charge on any atom is -0.495 e. The van der Waals surface area contributed by atoms with Crippen molar-refractivity contribution >= 4 is 35.0 Å². The number of ether oxygens (including phenoxy) is 2. The normalized spacial score (nSPS) is 13.2. The van der Waals surface area contributed by atoms with Gasteiger partial charge >= 0.3 is 18.2 Å². The third-order valence-corrected chi connectivity index (χ3v) is 4.17. The Morgan fingerprint density at radius 3 is 2.40 bits per heavy atom. The fourth-order valence-corrected chi connectivity index (χ4v) is 2.69. The Balaban J connectivity index is 2.33. The van der Waals surface area contributed by atoms with Crippen LogP contribution in [0.3, 0.4) is 0 Å². The molecule has 0 aliphatic rings. The molecule has 0 unspecified atom stereocenters. The lowest BCUT2D eigenvalue weighted by molar-refractivity contribution is -0.267. The first-order valence-electron chi connectivity index (χ1n) is 8.51. The van der Waals surface area contributed by atoms with Crippen LogP contribution in [0.1, 0.15) is 12.5 Å². The van der Waals surface area contributed by atoms with Gasteiger partial charge in [-0.15, -0.1) is 0 Å². The van der Waals surface area contributed by atoms with E-state index in [1.807, 2.05) is 0 Å². The number of hydrogen-bond donors (Lipinski definition) is 3. The van der Waals surface area contributed by atoms with Crippen LogP contribution in [0, 0.1) is 0 Å². The highest BCUT2D eigenvalue weighted by Crippen LogP contribution is 2.42. The highest BCUT2D eigenvalue weighted by molar-refractivity contribution is 6.30. The molecule has 2 rings (SSSR count). The quantitative estimate of drug-likeness (QED) is 0.575. The minimum absolute atomic E-state index is 0.00541. The first-order valence-corrected chi connectivity index (χ1v) is 8.89. The number of anilines is 2. The average Bonchev–Trinajstić information content (AvgIpc) is 2.66. The van der Waals surface area contributed by atoms with Crippen molar-refractivity contribution in [2.24, 2.45) is 0 Å². The van der Waals surface area contributed by atoms with E-state index in [1.54, 1.807) is 18.2 Å². The molecule has 7 nitrogen and oxygen atoms in total. The number of esters is 1. The number of rotatable bonds is 6. The van der Waals surface area contributed by atoms with E-state index < -0.39 is 29.3 Å². The minimum atomic E-state index is -5.36. The average molecular weight is 447 g/mol. The second-order valence-corrected chi connectivity index (χ2v) is 6.37. The van der Waals surface area contributed by atoms with E-state index in [2.05, 4.69) is 15.4 Å². The second kappa shape index (κ2) is 9.23. The van der Waals surface area contributed by atoms with Crippen LogP contribution < -0.4 is 15.4 Å². The lowest BCUT2D eigenvalue weighted by Gasteiger charge is -2.29. The van der Waals surface area contributed by atoms with Gasteiger partial charge in [-0.05, 0) is 37.3 Å². The third kappa shape index (κ3) is 4.95. The van der Waals surface area contributed by atoms with E-state index in [0.717, 1.165) is 25.3 Å². The molecule has 0 heterocycles. The molecule has 1 atom stereocenters. The lowest BCUT2D eigenvalue weighted by atomic mass is 9.92. The molecule has 0 bridgehead atoms. The van der Waals surface area contributed by atoms with E-state index >= 15 is 0 Å². The van der Waals surface area contributed by atoms with Gasteiger partial charge in [0.05, 0.1) is 19.4 Å². The lowest BCUT2D eigenvalue weighted by Crippen LogP contribution is -2.50. The summed E-state index contributed by atoms with van der Waals surface area (Å²) >= 11 is 5.84. The fraction of sp³-hybridized carbons (Fsp3) is 0.263. The molecule has 2 amide bonds. The van der Waals surface area contributed by atoms with Gasteiger partial charge in [-0.3, -0.25) is 0 Å². The molecule has 3 N–H and O–H groups in total. The molecule has 2 aromatic rings. The van der Waals surface area contributed by atoms with Crippen molar-refractivity contribution in [1.29, 1.82) is 0 Å². The van der Waals surface area contributed by atoms with Gasteiger partial charge < -0.3 is 25.2 Å². The Morgan fingerprint density at radius 1 is 1.13 bits per heavy atom. The summed E-state index contributed by atoms with van der Waals surface area (Å²) in [6, 6.07) is 8.25. The highest BCUT2D eigenvalue weighted by Gasteiger charge is 2.62. The number of methoxy groups -OCH3 is 1. The number of nitrogens with one attached hydrogen (secondary N) is 2. The van der Waals surface area contributed by atoms with Gasteiger partial charge in [-0.25, -0.2) is 9.59 Å². The molecule has 0 aliphatic heterocycles. The van der Waals surface area contributed by atoms with Crippen molar-refractivity contribution in [3.8, 4) is 5.75 Å². The molecule has 0 radical (unpaired) electrons. The van der Waals surface area contributed by atoms with Gasteiger partial charge in [0.1, 0.15) is 5.75 Å². The van der Waals surface area contributed by atoms with Gasteiger partial charge in [0.25, 0.3) is 5.60 Å². The molecule has 30 heavy (non-hydrogen) atoms. The summed E-state index contributed by atoms with van der Waals surface area (Å²) in [5.74, 6) is -2.10. The summed E-state index contributed by atoms with van der Waals surface area (Å²) in [7, 11) is 1.15. The molecule has 0 spiro atoms. The Bertz CT molecular complexity index is 939. The maximum atomic E-state index is 13.5. The number of aliphatic hydroxyl groups is 1. The summed E-state index contributed by atoms with van der Waals surface area (Å²) < 4.78 is 49.9. The van der Waals surface area contributed by atoms with Crippen LogP contribution in [0.2, 0.25) is 5.02 Å². The summed E-state index contributed by atoms with van der Waals surface area (Å²) in [6.45, 7) is 0.943. The van der Waals surface area contributed by atoms with Crippen LogP contribution in [-0.4, -0.2) is 37.0 Å². The number of carbonyl (C=O) groups is 2. The highest BCUT2D eigenvalue weighted by atomic mass is 35.5. The largest absolute Gasteiger partial charge is 0.495 e. The molecule has 0 saturated carbocycles. The number of hydrogen-bond acceptors (Lipinski definition) is 5. The smallest absolute Gasteiger partial charge is 0.432 e. The molecule has 0 fully saturated rings. The van der Waals surface area contributed by atoms with E-state index in [1.165, 1.54) is 13.0 Å². The second-order valence-electron chi connectivity index (χ2n) is 5.93. The maximum absolute atomic E-state index is 13.5. The Morgan fingerprint density at radius 2 is 1.83 bits per heavy atom. The number of benzene rings is 2. The van der Waals surface area contributed by atoms with Crippen LogP contribution in [0.4, 0.5) is 29.3 Å². The molecular weight excluding hydrogens is 429 g/mol. The Hall–Kier alpha value is -2.98. The number of urea groups is 1. The van der Waals surface area contributed by atoms with Crippen LogP contribution in [-0.2, 0) is 15.1 Å². The topological polar surface area (TPSA) is 96.9 Å². The molecule has 11 heteroatoms. The predicted molar refractivity (Wildman–Crippen MR) is 104 cm³/mol. The first kappa shape index (κ1) is 23.3. The predicted octanol–water partition coefficient (Wildman–Crippen LogP) is 4.31. The maximum Gasteiger partial charge on any atom is 0.432 e. The van der Waals surface area contributed by atoms with E-state index in [-0.39, 0.29) is 18.0 Å². The zero-order valence-corrected chi connectivity index (χ0v) is 16.6. The van der Waals surface area contributed by atoms with Gasteiger partial charge in [0.2, 0.25) is 0 Å². The van der Waals surface area contributed by atoms with Crippen LogP contribution >= 0.6 is 11.6 Å². The van der Waals surface area contributed by atoms with E-state index in [9.17, 15) is 27.9 Å². The van der Waals surface area contributed by atoms with Gasteiger partial charge in [0.15, 0.2) is 0 Å². The van der Waals surface area contributed by atoms with E-state index in [0.29, 0.717) is 10.7 Å². The van der Waals surface area contributed by atoms with Crippen molar-refractivity contribution in [2.45, 2.75) is 18.7 Å².